The lowest BCUT2D eigenvalue weighted by Gasteiger charge is -2.33. The first-order valence-corrected chi connectivity index (χ1v) is 7.97. The van der Waals surface area contributed by atoms with Crippen molar-refractivity contribution in [1.29, 1.82) is 0 Å². The van der Waals surface area contributed by atoms with E-state index in [1.54, 1.807) is 22.4 Å². The van der Waals surface area contributed by atoms with Crippen LogP contribution in [0.3, 0.4) is 0 Å². The van der Waals surface area contributed by atoms with E-state index in [9.17, 15) is 9.59 Å². The highest BCUT2D eigenvalue weighted by Gasteiger charge is 2.36. The zero-order valence-electron chi connectivity index (χ0n) is 12.7. The van der Waals surface area contributed by atoms with Crippen LogP contribution in [-0.2, 0) is 11.8 Å². The van der Waals surface area contributed by atoms with Crippen molar-refractivity contribution in [2.75, 3.05) is 13.1 Å². The molecular weight excluding hydrogens is 280 g/mol. The second-order valence-corrected chi connectivity index (χ2v) is 6.41. The molecule has 2 aliphatic rings. The van der Waals surface area contributed by atoms with Crippen LogP contribution in [0.1, 0.15) is 31.7 Å². The minimum Gasteiger partial charge on any atom is -0.340 e. The Kier molecular flexibility index (Phi) is 3.06. The maximum Gasteiger partial charge on any atom is 0.330 e. The maximum atomic E-state index is 12.6. The van der Waals surface area contributed by atoms with E-state index in [1.165, 1.54) is 0 Å². The Hall–Kier alpha value is -2.11. The van der Waals surface area contributed by atoms with Gasteiger partial charge in [-0.25, -0.2) is 9.78 Å². The SMILES string of the molecule is Cn1c(=O)n([C@H]2CCCN(C(=O)C3CC3)C2)c2ncccc21. The lowest BCUT2D eigenvalue weighted by Crippen LogP contribution is -2.43. The molecule has 0 radical (unpaired) electrons. The first-order chi connectivity index (χ1) is 10.7. The number of carbonyl (C=O) groups excluding carboxylic acids is 1. The predicted molar refractivity (Wildman–Crippen MR) is 82.5 cm³/mol. The highest BCUT2D eigenvalue weighted by molar-refractivity contribution is 5.81. The lowest BCUT2D eigenvalue weighted by molar-refractivity contribution is -0.134. The molecule has 1 saturated carbocycles. The second-order valence-electron chi connectivity index (χ2n) is 6.41. The fourth-order valence-corrected chi connectivity index (χ4v) is 3.47. The van der Waals surface area contributed by atoms with Crippen LogP contribution in [0.2, 0.25) is 0 Å². The number of hydrogen-bond acceptors (Lipinski definition) is 3. The normalized spacial score (nSPS) is 22.2. The van der Waals surface area contributed by atoms with Crippen molar-refractivity contribution < 1.29 is 4.79 Å². The number of hydrogen-bond donors (Lipinski definition) is 0. The third-order valence-corrected chi connectivity index (χ3v) is 4.85. The van der Waals surface area contributed by atoms with Gasteiger partial charge in [-0.1, -0.05) is 0 Å². The molecule has 116 valence electrons. The Bertz CT molecular complexity index is 787. The van der Waals surface area contributed by atoms with Gasteiger partial charge >= 0.3 is 5.69 Å². The van der Waals surface area contributed by atoms with Gasteiger partial charge in [0, 0.05) is 32.3 Å². The number of amides is 1. The van der Waals surface area contributed by atoms with Crippen LogP contribution >= 0.6 is 0 Å². The fraction of sp³-hybridized carbons (Fsp3) is 0.562. The highest BCUT2D eigenvalue weighted by Crippen LogP contribution is 2.33. The summed E-state index contributed by atoms with van der Waals surface area (Å²) in [6.07, 6.45) is 5.63. The molecule has 1 aliphatic carbocycles. The van der Waals surface area contributed by atoms with E-state index in [0.29, 0.717) is 6.54 Å². The third-order valence-electron chi connectivity index (χ3n) is 4.85. The molecule has 6 nitrogen and oxygen atoms in total. The van der Waals surface area contributed by atoms with Crippen molar-refractivity contribution in [2.45, 2.75) is 31.7 Å². The van der Waals surface area contributed by atoms with Crippen molar-refractivity contribution in [2.24, 2.45) is 13.0 Å². The van der Waals surface area contributed by atoms with Gasteiger partial charge in [0.1, 0.15) is 0 Å². The van der Waals surface area contributed by atoms with Gasteiger partial charge in [0.05, 0.1) is 11.6 Å². The van der Waals surface area contributed by atoms with Crippen LogP contribution in [0.15, 0.2) is 23.1 Å². The van der Waals surface area contributed by atoms with Crippen molar-refractivity contribution in [3.63, 3.8) is 0 Å². The smallest absolute Gasteiger partial charge is 0.330 e. The second kappa shape index (κ2) is 4.97. The number of carbonyl (C=O) groups is 1. The van der Waals surface area contributed by atoms with Gasteiger partial charge in [0.15, 0.2) is 5.65 Å². The highest BCUT2D eigenvalue weighted by atomic mass is 16.2. The minimum absolute atomic E-state index is 0.0301. The number of piperidine rings is 1. The first kappa shape index (κ1) is 13.5. The molecule has 0 bridgehead atoms. The topological polar surface area (TPSA) is 60.1 Å². The molecule has 2 aromatic rings. The van der Waals surface area contributed by atoms with Crippen LogP contribution in [0.25, 0.3) is 11.2 Å². The molecule has 0 unspecified atom stereocenters. The molecule has 0 spiro atoms. The molecule has 1 amide bonds. The predicted octanol–water partition coefficient (Wildman–Crippen LogP) is 1.31. The van der Waals surface area contributed by atoms with E-state index in [4.69, 9.17) is 0 Å². The molecule has 1 saturated heterocycles. The number of nitrogens with zero attached hydrogens (tertiary/aromatic N) is 4. The summed E-state index contributed by atoms with van der Waals surface area (Å²) in [5, 5.41) is 0. The zero-order valence-corrected chi connectivity index (χ0v) is 12.7. The summed E-state index contributed by atoms with van der Waals surface area (Å²) in [4.78, 5) is 31.2. The van der Waals surface area contributed by atoms with Crippen molar-refractivity contribution in [3.05, 3.63) is 28.8 Å². The molecule has 2 aromatic heterocycles. The van der Waals surface area contributed by atoms with Gasteiger partial charge in [0.2, 0.25) is 5.91 Å². The summed E-state index contributed by atoms with van der Waals surface area (Å²) in [7, 11) is 1.78. The molecule has 0 N–H and O–H groups in total. The molecule has 3 heterocycles. The van der Waals surface area contributed by atoms with Crippen LogP contribution in [0, 0.1) is 5.92 Å². The fourth-order valence-electron chi connectivity index (χ4n) is 3.47. The molecular formula is C16H20N4O2. The maximum absolute atomic E-state index is 12.6. The summed E-state index contributed by atoms with van der Waals surface area (Å²) in [6.45, 7) is 1.45. The van der Waals surface area contributed by atoms with Crippen LogP contribution < -0.4 is 5.69 Å². The Morgan fingerprint density at radius 2 is 2.14 bits per heavy atom. The summed E-state index contributed by atoms with van der Waals surface area (Å²) < 4.78 is 3.42. The summed E-state index contributed by atoms with van der Waals surface area (Å²) in [5.74, 6) is 0.507. The van der Waals surface area contributed by atoms with Gasteiger partial charge in [-0.05, 0) is 37.8 Å². The molecule has 1 atom stereocenters. The first-order valence-electron chi connectivity index (χ1n) is 7.97. The number of rotatable bonds is 2. The van der Waals surface area contributed by atoms with E-state index < -0.39 is 0 Å². The van der Waals surface area contributed by atoms with Gasteiger partial charge in [-0.15, -0.1) is 0 Å². The number of fused-ring (bicyclic) bond motifs is 1. The van der Waals surface area contributed by atoms with E-state index in [-0.39, 0.29) is 23.6 Å². The van der Waals surface area contributed by atoms with Gasteiger partial charge in [-0.3, -0.25) is 13.9 Å². The quantitative estimate of drug-likeness (QED) is 0.840. The van der Waals surface area contributed by atoms with Crippen LogP contribution in [0.5, 0.6) is 0 Å². The number of aromatic nitrogens is 3. The van der Waals surface area contributed by atoms with Gasteiger partial charge in [-0.2, -0.15) is 0 Å². The number of imidazole rings is 1. The average molecular weight is 300 g/mol. The van der Waals surface area contributed by atoms with E-state index >= 15 is 0 Å². The Balaban J connectivity index is 1.71. The van der Waals surface area contributed by atoms with E-state index in [1.807, 2.05) is 17.0 Å². The number of pyridine rings is 1. The molecule has 1 aliphatic heterocycles. The van der Waals surface area contributed by atoms with Crippen molar-refractivity contribution in [1.82, 2.24) is 19.0 Å². The largest absolute Gasteiger partial charge is 0.340 e. The molecule has 2 fully saturated rings. The van der Waals surface area contributed by atoms with Crippen LogP contribution in [-0.4, -0.2) is 38.0 Å². The summed E-state index contributed by atoms with van der Waals surface area (Å²) in [6, 6.07) is 3.79. The van der Waals surface area contributed by atoms with Crippen molar-refractivity contribution in [3.8, 4) is 0 Å². The van der Waals surface area contributed by atoms with Gasteiger partial charge < -0.3 is 4.90 Å². The third kappa shape index (κ3) is 2.05. The monoisotopic (exact) mass is 300 g/mol. The van der Waals surface area contributed by atoms with E-state index in [2.05, 4.69) is 4.98 Å². The van der Waals surface area contributed by atoms with E-state index in [0.717, 1.165) is 43.4 Å². The molecule has 22 heavy (non-hydrogen) atoms. The summed E-state index contributed by atoms with van der Waals surface area (Å²) >= 11 is 0. The Morgan fingerprint density at radius 1 is 1.32 bits per heavy atom. The number of likely N-dealkylation sites (tertiary alicyclic amines) is 1. The van der Waals surface area contributed by atoms with Crippen molar-refractivity contribution >= 4 is 17.1 Å². The molecule has 4 rings (SSSR count). The minimum atomic E-state index is -0.0422. The number of aryl methyl sites for hydroxylation is 1. The summed E-state index contributed by atoms with van der Waals surface area (Å²) in [5.41, 5.74) is 1.53. The molecule has 6 heteroatoms. The Morgan fingerprint density at radius 3 is 2.91 bits per heavy atom. The lowest BCUT2D eigenvalue weighted by atomic mass is 10.0. The van der Waals surface area contributed by atoms with Crippen LogP contribution in [0.4, 0.5) is 0 Å². The standard InChI is InChI=1S/C16H20N4O2/c1-18-13-5-2-8-17-14(13)20(16(18)22)12-4-3-9-19(10-12)15(21)11-6-7-11/h2,5,8,11-12H,3-4,6-7,9-10H2,1H3/t12-/m0/s1. The average Bonchev–Trinajstić information content (AvgIpc) is 3.36. The Labute approximate surface area is 128 Å². The zero-order chi connectivity index (χ0) is 15.3. The van der Waals surface area contributed by atoms with Gasteiger partial charge in [0.25, 0.3) is 0 Å². The molecule has 0 aromatic carbocycles.